The fourth-order valence-corrected chi connectivity index (χ4v) is 4.86. The van der Waals surface area contributed by atoms with Gasteiger partial charge in [0.2, 0.25) is 0 Å². The van der Waals surface area contributed by atoms with Crippen molar-refractivity contribution in [3.63, 3.8) is 0 Å². The lowest BCUT2D eigenvalue weighted by Crippen LogP contribution is -2.44. The van der Waals surface area contributed by atoms with Crippen molar-refractivity contribution >= 4 is 44.1 Å². The van der Waals surface area contributed by atoms with E-state index in [1.807, 2.05) is 41.1 Å². The van der Waals surface area contributed by atoms with Gasteiger partial charge >= 0.3 is 0 Å². The van der Waals surface area contributed by atoms with E-state index < -0.39 is 0 Å². The van der Waals surface area contributed by atoms with Crippen molar-refractivity contribution in [2.45, 2.75) is 25.8 Å². The van der Waals surface area contributed by atoms with Gasteiger partial charge < -0.3 is 10.2 Å². The molecule has 1 amide bonds. The Morgan fingerprint density at radius 3 is 3.08 bits per heavy atom. The Balaban J connectivity index is 1.47. The van der Waals surface area contributed by atoms with Crippen LogP contribution in [0.3, 0.4) is 0 Å². The summed E-state index contributed by atoms with van der Waals surface area (Å²) in [6, 6.07) is 4.07. The molecule has 4 heterocycles. The molecule has 0 saturated carbocycles. The lowest BCUT2D eigenvalue weighted by atomic mass is 10.1. The van der Waals surface area contributed by atoms with Crippen LogP contribution in [-0.4, -0.2) is 44.7 Å². The lowest BCUT2D eigenvalue weighted by Gasteiger charge is -2.32. The number of nitrogens with zero attached hydrogens (tertiary/aromatic N) is 4. The molecule has 1 unspecified atom stereocenters. The summed E-state index contributed by atoms with van der Waals surface area (Å²) in [6.07, 6.45) is 2.07. The highest BCUT2D eigenvalue weighted by Crippen LogP contribution is 2.29. The van der Waals surface area contributed by atoms with Gasteiger partial charge in [-0.2, -0.15) is 5.10 Å². The molecular weight excluding hydrogens is 342 g/mol. The highest BCUT2D eigenvalue weighted by atomic mass is 32.1. The summed E-state index contributed by atoms with van der Waals surface area (Å²) in [5, 5.41) is 10.8. The molecule has 0 aromatic carbocycles. The van der Waals surface area contributed by atoms with Crippen molar-refractivity contribution < 1.29 is 4.79 Å². The Labute approximate surface area is 148 Å². The molecule has 1 N–H and O–H groups in total. The van der Waals surface area contributed by atoms with Crippen molar-refractivity contribution in [1.29, 1.82) is 0 Å². The second-order valence-electron chi connectivity index (χ2n) is 6.09. The molecule has 4 rings (SSSR count). The Morgan fingerprint density at radius 2 is 2.33 bits per heavy atom. The summed E-state index contributed by atoms with van der Waals surface area (Å²) in [7, 11) is 1.92. The van der Waals surface area contributed by atoms with Crippen LogP contribution in [0.2, 0.25) is 0 Å². The van der Waals surface area contributed by atoms with Gasteiger partial charge in [-0.05, 0) is 31.2 Å². The van der Waals surface area contributed by atoms with E-state index >= 15 is 0 Å². The van der Waals surface area contributed by atoms with Crippen molar-refractivity contribution in [3.8, 4) is 0 Å². The van der Waals surface area contributed by atoms with Crippen LogP contribution < -0.4 is 5.32 Å². The van der Waals surface area contributed by atoms with Gasteiger partial charge in [-0.15, -0.1) is 11.3 Å². The van der Waals surface area contributed by atoms with Crippen molar-refractivity contribution in [2.24, 2.45) is 7.05 Å². The number of thiazole rings is 1. The van der Waals surface area contributed by atoms with E-state index in [-0.39, 0.29) is 11.9 Å². The van der Waals surface area contributed by atoms with Crippen LogP contribution in [-0.2, 0) is 7.05 Å². The maximum atomic E-state index is 12.5. The van der Waals surface area contributed by atoms with E-state index in [1.165, 1.54) is 11.3 Å². The van der Waals surface area contributed by atoms with Gasteiger partial charge in [-0.25, -0.2) is 9.67 Å². The van der Waals surface area contributed by atoms with Gasteiger partial charge in [-0.1, -0.05) is 17.4 Å². The zero-order valence-electron chi connectivity index (χ0n) is 13.7. The summed E-state index contributed by atoms with van der Waals surface area (Å²) in [6.45, 7) is 3.56. The highest BCUT2D eigenvalue weighted by Gasteiger charge is 2.25. The number of piperidine rings is 1. The molecule has 126 valence electrons. The SMILES string of the molecule is Cc1nn(C)c2nc(NC3CCCN(C(=O)c4cccs4)C3)sc12. The first kappa shape index (κ1) is 15.6. The molecule has 24 heavy (non-hydrogen) atoms. The summed E-state index contributed by atoms with van der Waals surface area (Å²) in [4.78, 5) is 20.0. The second kappa shape index (κ2) is 6.18. The van der Waals surface area contributed by atoms with E-state index in [2.05, 4.69) is 15.4 Å². The number of nitrogens with one attached hydrogen (secondary N) is 1. The van der Waals surface area contributed by atoms with Crippen LogP contribution in [0.1, 0.15) is 28.2 Å². The van der Waals surface area contributed by atoms with Gasteiger partial charge in [-0.3, -0.25) is 4.79 Å². The molecule has 0 bridgehead atoms. The lowest BCUT2D eigenvalue weighted by molar-refractivity contribution is 0.0720. The Hall–Kier alpha value is -1.93. The molecule has 1 saturated heterocycles. The van der Waals surface area contributed by atoms with Crippen LogP contribution >= 0.6 is 22.7 Å². The summed E-state index contributed by atoms with van der Waals surface area (Å²) < 4.78 is 2.95. The molecule has 0 aliphatic carbocycles. The monoisotopic (exact) mass is 361 g/mol. The van der Waals surface area contributed by atoms with Crippen LogP contribution in [0.4, 0.5) is 5.13 Å². The number of carbonyl (C=O) groups is 1. The normalized spacial score (nSPS) is 18.2. The minimum absolute atomic E-state index is 0.140. The smallest absolute Gasteiger partial charge is 0.263 e. The van der Waals surface area contributed by atoms with Crippen LogP contribution in [0.5, 0.6) is 0 Å². The van der Waals surface area contributed by atoms with Crippen LogP contribution in [0.25, 0.3) is 10.3 Å². The molecule has 3 aromatic heterocycles. The molecular formula is C16H19N5OS2. The topological polar surface area (TPSA) is 63.1 Å². The molecule has 6 nitrogen and oxygen atoms in total. The third-order valence-corrected chi connectivity index (χ3v) is 6.26. The van der Waals surface area contributed by atoms with Gasteiger partial charge in [0.1, 0.15) is 0 Å². The summed E-state index contributed by atoms with van der Waals surface area (Å²) in [5.41, 5.74) is 1.93. The minimum Gasteiger partial charge on any atom is -0.357 e. The minimum atomic E-state index is 0.140. The first-order valence-corrected chi connectivity index (χ1v) is 9.71. The van der Waals surface area contributed by atoms with E-state index in [9.17, 15) is 4.79 Å². The van der Waals surface area contributed by atoms with Crippen LogP contribution in [0.15, 0.2) is 17.5 Å². The quantitative estimate of drug-likeness (QED) is 0.778. The number of aryl methyl sites for hydroxylation is 2. The van der Waals surface area contributed by atoms with E-state index in [0.29, 0.717) is 0 Å². The van der Waals surface area contributed by atoms with Crippen molar-refractivity contribution in [1.82, 2.24) is 19.7 Å². The van der Waals surface area contributed by atoms with E-state index in [0.717, 1.165) is 52.0 Å². The van der Waals surface area contributed by atoms with Crippen molar-refractivity contribution in [3.05, 3.63) is 28.1 Å². The summed E-state index contributed by atoms with van der Waals surface area (Å²) in [5.74, 6) is 0.140. The number of hydrogen-bond donors (Lipinski definition) is 1. The zero-order chi connectivity index (χ0) is 16.7. The first-order chi connectivity index (χ1) is 11.6. The van der Waals surface area contributed by atoms with Gasteiger partial charge in [0.25, 0.3) is 5.91 Å². The van der Waals surface area contributed by atoms with E-state index in [1.54, 1.807) is 11.3 Å². The summed E-state index contributed by atoms with van der Waals surface area (Å²) >= 11 is 3.14. The van der Waals surface area contributed by atoms with E-state index in [4.69, 9.17) is 0 Å². The second-order valence-corrected chi connectivity index (χ2v) is 8.04. The third kappa shape index (κ3) is 2.80. The number of anilines is 1. The average Bonchev–Trinajstić information content (AvgIpc) is 3.28. The standard InChI is InChI=1S/C16H19N5OS2/c1-10-13-14(20(2)19-10)18-16(24-13)17-11-5-3-7-21(9-11)15(22)12-6-4-8-23-12/h4,6,8,11H,3,5,7,9H2,1-2H3,(H,17,18). The number of fused-ring (bicyclic) bond motifs is 1. The van der Waals surface area contributed by atoms with Crippen molar-refractivity contribution in [2.75, 3.05) is 18.4 Å². The fraction of sp³-hybridized carbons (Fsp3) is 0.438. The largest absolute Gasteiger partial charge is 0.357 e. The number of rotatable bonds is 3. The Bertz CT molecular complexity index is 832. The fourth-order valence-electron chi connectivity index (χ4n) is 3.16. The van der Waals surface area contributed by atoms with Gasteiger partial charge in [0, 0.05) is 26.2 Å². The molecule has 8 heteroatoms. The first-order valence-electron chi connectivity index (χ1n) is 8.01. The average molecular weight is 361 g/mol. The molecule has 0 spiro atoms. The molecule has 0 radical (unpaired) electrons. The molecule has 3 aromatic rings. The molecule has 1 atom stereocenters. The third-order valence-electron chi connectivity index (χ3n) is 4.31. The molecule has 1 aliphatic rings. The number of likely N-dealkylation sites (tertiary alicyclic amines) is 1. The Kier molecular flexibility index (Phi) is 4.01. The number of hydrogen-bond acceptors (Lipinski definition) is 6. The molecule has 1 fully saturated rings. The predicted octanol–water partition coefficient (Wildman–Crippen LogP) is 3.12. The highest BCUT2D eigenvalue weighted by molar-refractivity contribution is 7.22. The Morgan fingerprint density at radius 1 is 1.46 bits per heavy atom. The number of carbonyl (C=O) groups excluding carboxylic acids is 1. The maximum absolute atomic E-state index is 12.5. The zero-order valence-corrected chi connectivity index (χ0v) is 15.3. The van der Waals surface area contributed by atoms with Gasteiger partial charge in [0.05, 0.1) is 15.3 Å². The molecule has 1 aliphatic heterocycles. The number of aromatic nitrogens is 3. The van der Waals surface area contributed by atoms with Crippen LogP contribution in [0, 0.1) is 6.92 Å². The van der Waals surface area contributed by atoms with Gasteiger partial charge in [0.15, 0.2) is 10.8 Å². The maximum Gasteiger partial charge on any atom is 0.263 e. The predicted molar refractivity (Wildman–Crippen MR) is 98.0 cm³/mol. The number of thiophene rings is 1. The number of amides is 1.